The SMILES string of the molecule is CC(C)(C)[Si](C)(C)O[C@@H]1C[C@@H](CS[C@H]2CCN(C(=O)OCc3ccc([N+](=O)[O-])cc3)C2)N(C(=O)OCc2ccc([N+](=O)[O-])cc2)C1. The van der Waals surface area contributed by atoms with Gasteiger partial charge in [-0.3, -0.25) is 20.2 Å². The van der Waals surface area contributed by atoms with Crippen molar-refractivity contribution in [2.24, 2.45) is 0 Å². The van der Waals surface area contributed by atoms with Gasteiger partial charge in [0.05, 0.1) is 16.0 Å². The molecule has 0 aliphatic carbocycles. The Kier molecular flexibility index (Phi) is 11.3. The summed E-state index contributed by atoms with van der Waals surface area (Å²) < 4.78 is 17.8. The number of carbonyl (C=O) groups is 2. The van der Waals surface area contributed by atoms with Crippen LogP contribution in [0, 0.1) is 20.2 Å². The summed E-state index contributed by atoms with van der Waals surface area (Å²) in [6, 6.07) is 11.7. The van der Waals surface area contributed by atoms with E-state index in [0.29, 0.717) is 42.9 Å². The van der Waals surface area contributed by atoms with E-state index < -0.39 is 30.4 Å². The lowest BCUT2D eigenvalue weighted by Gasteiger charge is -2.38. The summed E-state index contributed by atoms with van der Waals surface area (Å²) in [7, 11) is -2.09. The maximum absolute atomic E-state index is 13.3. The van der Waals surface area contributed by atoms with E-state index in [2.05, 4.69) is 33.9 Å². The highest BCUT2D eigenvalue weighted by molar-refractivity contribution is 8.00. The summed E-state index contributed by atoms with van der Waals surface area (Å²) in [6.45, 7) is 12.5. The van der Waals surface area contributed by atoms with Gasteiger partial charge < -0.3 is 23.7 Å². The summed E-state index contributed by atoms with van der Waals surface area (Å²) in [5.74, 6) is 0.653. The zero-order chi connectivity index (χ0) is 33.6. The van der Waals surface area contributed by atoms with Gasteiger partial charge >= 0.3 is 12.2 Å². The fraction of sp³-hybridized carbons (Fsp3) is 0.548. The van der Waals surface area contributed by atoms with Gasteiger partial charge in [-0.15, -0.1) is 0 Å². The molecule has 2 amide bonds. The molecule has 0 aromatic heterocycles. The van der Waals surface area contributed by atoms with Gasteiger partial charge in [0.1, 0.15) is 13.2 Å². The van der Waals surface area contributed by atoms with E-state index in [0.717, 1.165) is 6.42 Å². The van der Waals surface area contributed by atoms with Gasteiger partial charge in [-0.05, 0) is 66.4 Å². The number of hydrogen-bond acceptors (Lipinski definition) is 10. The third-order valence-electron chi connectivity index (χ3n) is 8.82. The highest BCUT2D eigenvalue weighted by atomic mass is 32.2. The molecule has 46 heavy (non-hydrogen) atoms. The van der Waals surface area contributed by atoms with E-state index in [4.69, 9.17) is 13.9 Å². The number of rotatable bonds is 11. The quantitative estimate of drug-likeness (QED) is 0.142. The largest absolute Gasteiger partial charge is 0.445 e. The van der Waals surface area contributed by atoms with Gasteiger partial charge in [0.15, 0.2) is 8.32 Å². The predicted molar refractivity (Wildman–Crippen MR) is 176 cm³/mol. The number of thioether (sulfide) groups is 1. The van der Waals surface area contributed by atoms with Crippen molar-refractivity contribution in [2.75, 3.05) is 25.4 Å². The Morgan fingerprint density at radius 3 is 1.91 bits per heavy atom. The van der Waals surface area contributed by atoms with E-state index in [1.807, 2.05) is 0 Å². The molecule has 2 heterocycles. The molecular formula is C31H42N4O9SSi. The summed E-state index contributed by atoms with van der Waals surface area (Å²) in [5, 5.41) is 22.0. The van der Waals surface area contributed by atoms with Crippen molar-refractivity contribution in [2.45, 2.75) is 82.4 Å². The molecule has 13 nitrogen and oxygen atoms in total. The van der Waals surface area contributed by atoms with Crippen molar-refractivity contribution in [3.8, 4) is 0 Å². The molecular weight excluding hydrogens is 633 g/mol. The summed E-state index contributed by atoms with van der Waals surface area (Å²) in [6.07, 6.45) is 0.473. The molecule has 250 valence electrons. The second-order valence-corrected chi connectivity index (χ2v) is 19.3. The molecule has 2 saturated heterocycles. The Hall–Kier alpha value is -3.69. The van der Waals surface area contributed by atoms with E-state index in [9.17, 15) is 29.8 Å². The minimum atomic E-state index is -2.09. The molecule has 0 spiro atoms. The normalized spacial score (nSPS) is 20.1. The van der Waals surface area contributed by atoms with Crippen LogP contribution >= 0.6 is 11.8 Å². The van der Waals surface area contributed by atoms with E-state index >= 15 is 0 Å². The number of likely N-dealkylation sites (tertiary alicyclic amines) is 2. The first-order valence-corrected chi connectivity index (χ1v) is 19.2. The third kappa shape index (κ3) is 9.19. The van der Waals surface area contributed by atoms with E-state index in [1.54, 1.807) is 45.8 Å². The molecule has 2 aliphatic rings. The second-order valence-electron chi connectivity index (χ2n) is 13.2. The van der Waals surface area contributed by atoms with Crippen molar-refractivity contribution >= 4 is 43.6 Å². The monoisotopic (exact) mass is 674 g/mol. The number of nitrogens with zero attached hydrogens (tertiary/aromatic N) is 4. The number of amides is 2. The highest BCUT2D eigenvalue weighted by Crippen LogP contribution is 2.39. The average Bonchev–Trinajstić information content (AvgIpc) is 3.64. The average molecular weight is 675 g/mol. The zero-order valence-corrected chi connectivity index (χ0v) is 28.7. The van der Waals surface area contributed by atoms with E-state index in [1.165, 1.54) is 24.3 Å². The summed E-state index contributed by atoms with van der Waals surface area (Å²) in [4.78, 5) is 50.3. The van der Waals surface area contributed by atoms with E-state index in [-0.39, 0.29) is 47.0 Å². The van der Waals surface area contributed by atoms with Crippen LogP contribution in [0.1, 0.15) is 44.7 Å². The Morgan fingerprint density at radius 2 is 1.41 bits per heavy atom. The fourth-order valence-corrected chi connectivity index (χ4v) is 7.83. The van der Waals surface area contributed by atoms with Crippen LogP contribution in [0.25, 0.3) is 0 Å². The highest BCUT2D eigenvalue weighted by Gasteiger charge is 2.44. The predicted octanol–water partition coefficient (Wildman–Crippen LogP) is 6.75. The number of benzene rings is 2. The lowest BCUT2D eigenvalue weighted by atomic mass is 10.2. The molecule has 0 N–H and O–H groups in total. The van der Waals surface area contributed by atoms with Gasteiger partial charge in [0.25, 0.3) is 11.4 Å². The van der Waals surface area contributed by atoms with Crippen molar-refractivity contribution in [3.63, 3.8) is 0 Å². The van der Waals surface area contributed by atoms with Crippen molar-refractivity contribution in [3.05, 3.63) is 79.9 Å². The summed E-state index contributed by atoms with van der Waals surface area (Å²) >= 11 is 1.72. The summed E-state index contributed by atoms with van der Waals surface area (Å²) in [5.41, 5.74) is 1.27. The molecule has 2 aliphatic heterocycles. The Morgan fingerprint density at radius 1 is 0.891 bits per heavy atom. The molecule has 0 saturated carbocycles. The number of ether oxygens (including phenoxy) is 2. The first kappa shape index (κ1) is 35.2. The Bertz CT molecular complexity index is 1400. The van der Waals surface area contributed by atoms with Crippen LogP contribution in [0.2, 0.25) is 18.1 Å². The molecule has 0 radical (unpaired) electrons. The lowest BCUT2D eigenvalue weighted by Crippen LogP contribution is -2.44. The van der Waals surface area contributed by atoms with Crippen molar-refractivity contribution < 1.29 is 33.3 Å². The van der Waals surface area contributed by atoms with Crippen LogP contribution < -0.4 is 0 Å². The number of nitro benzene ring substituents is 2. The fourth-order valence-electron chi connectivity index (χ4n) is 5.10. The third-order valence-corrected chi connectivity index (χ3v) is 14.8. The molecule has 3 atom stereocenters. The van der Waals surface area contributed by atoms with Crippen LogP contribution in [0.3, 0.4) is 0 Å². The minimum absolute atomic E-state index is 0.000515. The molecule has 15 heteroatoms. The second kappa shape index (κ2) is 14.8. The van der Waals surface area contributed by atoms with Crippen LogP contribution in [0.5, 0.6) is 0 Å². The Labute approximate surface area is 274 Å². The lowest BCUT2D eigenvalue weighted by molar-refractivity contribution is -0.385. The maximum atomic E-state index is 13.3. The van der Waals surface area contributed by atoms with Gasteiger partial charge in [0.2, 0.25) is 0 Å². The standard InChI is InChI=1S/C31H42N4O9SSi/c1-31(2,3)46(4,5)44-27-16-26(33(17-27)30(37)43-20-23-8-12-25(13-9-23)35(40)41)21-45-28-14-15-32(18-28)29(36)42-19-22-6-10-24(11-7-22)34(38)39/h6-13,26-28H,14-21H2,1-5H3/t26-,27+,28-/m0/s1. The maximum Gasteiger partial charge on any atom is 0.410 e. The van der Waals surface area contributed by atoms with Gasteiger partial charge in [0, 0.05) is 60.9 Å². The van der Waals surface area contributed by atoms with Crippen LogP contribution in [-0.4, -0.2) is 82.9 Å². The molecule has 2 fully saturated rings. The number of non-ortho nitro benzene ring substituents is 2. The number of hydrogen-bond donors (Lipinski definition) is 0. The van der Waals surface area contributed by atoms with Crippen molar-refractivity contribution in [1.29, 1.82) is 0 Å². The van der Waals surface area contributed by atoms with Crippen LogP contribution in [-0.2, 0) is 27.1 Å². The van der Waals surface area contributed by atoms with Gasteiger partial charge in [-0.2, -0.15) is 11.8 Å². The van der Waals surface area contributed by atoms with Crippen LogP contribution in [0.15, 0.2) is 48.5 Å². The molecule has 4 rings (SSSR count). The van der Waals surface area contributed by atoms with Gasteiger partial charge in [-0.25, -0.2) is 9.59 Å². The zero-order valence-electron chi connectivity index (χ0n) is 26.9. The minimum Gasteiger partial charge on any atom is -0.445 e. The number of carbonyl (C=O) groups excluding carboxylic acids is 2. The first-order chi connectivity index (χ1) is 21.6. The first-order valence-electron chi connectivity index (χ1n) is 15.2. The molecule has 2 aromatic rings. The molecule has 0 bridgehead atoms. The molecule has 2 aromatic carbocycles. The smallest absolute Gasteiger partial charge is 0.410 e. The Balaban J connectivity index is 1.32. The van der Waals surface area contributed by atoms with Crippen LogP contribution in [0.4, 0.5) is 21.0 Å². The molecule has 0 unspecified atom stereocenters. The van der Waals surface area contributed by atoms with Gasteiger partial charge in [-0.1, -0.05) is 20.8 Å². The topological polar surface area (TPSA) is 155 Å². The number of nitro groups is 2. The van der Waals surface area contributed by atoms with Crippen molar-refractivity contribution in [1.82, 2.24) is 9.80 Å².